The van der Waals surface area contributed by atoms with Crippen LogP contribution in [-0.4, -0.2) is 37.5 Å². The standard InChI is InChI=1S/C16H27N3O2.ClH/c20-14(19-12-4-2-1-3-5-12)11-18-15(21)13-10-16(13)6-8-17-9-7-16;/h12-13,17H,1-11H2,(H,18,21)(H,19,20);1H. The summed E-state index contributed by atoms with van der Waals surface area (Å²) in [6.45, 7) is 2.18. The van der Waals surface area contributed by atoms with Crippen LogP contribution in [0.15, 0.2) is 0 Å². The van der Waals surface area contributed by atoms with E-state index < -0.39 is 0 Å². The highest BCUT2D eigenvalue weighted by molar-refractivity contribution is 5.87. The van der Waals surface area contributed by atoms with Crippen LogP contribution in [0.1, 0.15) is 51.4 Å². The summed E-state index contributed by atoms with van der Waals surface area (Å²) in [5.74, 6) is 0.188. The van der Waals surface area contributed by atoms with E-state index in [2.05, 4.69) is 16.0 Å². The first-order valence-electron chi connectivity index (χ1n) is 8.47. The summed E-state index contributed by atoms with van der Waals surface area (Å²) < 4.78 is 0. The third-order valence-electron chi connectivity index (χ3n) is 5.50. The molecule has 3 aliphatic rings. The van der Waals surface area contributed by atoms with Gasteiger partial charge in [-0.3, -0.25) is 9.59 Å². The number of halogens is 1. The molecule has 0 aromatic heterocycles. The second-order valence-electron chi connectivity index (χ2n) is 6.99. The number of carbonyl (C=O) groups excluding carboxylic acids is 2. The van der Waals surface area contributed by atoms with Crippen LogP contribution in [0.4, 0.5) is 0 Å². The second kappa shape index (κ2) is 7.64. The fraction of sp³-hybridized carbons (Fsp3) is 0.875. The third kappa shape index (κ3) is 4.13. The van der Waals surface area contributed by atoms with Crippen molar-refractivity contribution in [3.8, 4) is 0 Å². The molecule has 22 heavy (non-hydrogen) atoms. The number of hydrogen-bond acceptors (Lipinski definition) is 3. The number of piperidine rings is 1. The van der Waals surface area contributed by atoms with Gasteiger partial charge in [-0.1, -0.05) is 19.3 Å². The Morgan fingerprint density at radius 2 is 1.77 bits per heavy atom. The molecule has 2 amide bonds. The normalized spacial score (nSPS) is 26.8. The van der Waals surface area contributed by atoms with Crippen molar-refractivity contribution in [2.45, 2.75) is 57.4 Å². The summed E-state index contributed by atoms with van der Waals surface area (Å²) in [6.07, 6.45) is 9.05. The minimum Gasteiger partial charge on any atom is -0.352 e. The molecule has 5 nitrogen and oxygen atoms in total. The Kier molecular flexibility index (Phi) is 6.09. The minimum absolute atomic E-state index is 0. The SMILES string of the molecule is Cl.O=C(CNC(=O)C1CC12CCNCC2)NC1CCCCC1. The topological polar surface area (TPSA) is 70.2 Å². The highest BCUT2D eigenvalue weighted by Gasteiger charge is 2.57. The fourth-order valence-corrected chi connectivity index (χ4v) is 4.01. The molecule has 0 radical (unpaired) electrons. The average molecular weight is 330 g/mol. The van der Waals surface area contributed by atoms with E-state index >= 15 is 0 Å². The van der Waals surface area contributed by atoms with Crippen molar-refractivity contribution >= 4 is 24.2 Å². The van der Waals surface area contributed by atoms with Crippen molar-refractivity contribution in [3.05, 3.63) is 0 Å². The monoisotopic (exact) mass is 329 g/mol. The van der Waals surface area contributed by atoms with Gasteiger partial charge in [0.25, 0.3) is 0 Å². The summed E-state index contributed by atoms with van der Waals surface area (Å²) in [7, 11) is 0. The van der Waals surface area contributed by atoms with Gasteiger partial charge in [-0.2, -0.15) is 0 Å². The predicted octanol–water partition coefficient (Wildman–Crippen LogP) is 1.36. The van der Waals surface area contributed by atoms with Crippen molar-refractivity contribution in [1.82, 2.24) is 16.0 Å². The van der Waals surface area contributed by atoms with Crippen LogP contribution in [0.2, 0.25) is 0 Å². The number of nitrogens with one attached hydrogen (secondary N) is 3. The molecular weight excluding hydrogens is 302 g/mol. The first-order chi connectivity index (χ1) is 10.2. The van der Waals surface area contributed by atoms with Crippen LogP contribution < -0.4 is 16.0 Å². The summed E-state index contributed by atoms with van der Waals surface area (Å²) in [5, 5.41) is 9.21. The van der Waals surface area contributed by atoms with Gasteiger partial charge in [0.05, 0.1) is 6.54 Å². The largest absolute Gasteiger partial charge is 0.352 e. The van der Waals surface area contributed by atoms with Crippen molar-refractivity contribution in [1.29, 1.82) is 0 Å². The van der Waals surface area contributed by atoms with Crippen LogP contribution >= 0.6 is 12.4 Å². The van der Waals surface area contributed by atoms with Crippen LogP contribution in [0.5, 0.6) is 0 Å². The molecule has 3 N–H and O–H groups in total. The molecule has 1 unspecified atom stereocenters. The molecule has 2 aliphatic carbocycles. The van der Waals surface area contributed by atoms with Crippen molar-refractivity contribution in [3.63, 3.8) is 0 Å². The zero-order chi connectivity index (χ0) is 14.7. The van der Waals surface area contributed by atoms with Crippen LogP contribution in [0, 0.1) is 11.3 Å². The van der Waals surface area contributed by atoms with Gasteiger partial charge in [-0.25, -0.2) is 0 Å². The van der Waals surface area contributed by atoms with E-state index in [1.807, 2.05) is 0 Å². The van der Waals surface area contributed by atoms with Gasteiger partial charge in [0.15, 0.2) is 0 Å². The lowest BCUT2D eigenvalue weighted by Crippen LogP contribution is -2.43. The van der Waals surface area contributed by atoms with Crippen LogP contribution in [-0.2, 0) is 9.59 Å². The molecule has 3 fully saturated rings. The van der Waals surface area contributed by atoms with Crippen molar-refractivity contribution in [2.75, 3.05) is 19.6 Å². The molecule has 1 aliphatic heterocycles. The lowest BCUT2D eigenvalue weighted by atomic mass is 9.92. The highest BCUT2D eigenvalue weighted by atomic mass is 35.5. The maximum atomic E-state index is 12.2. The number of carbonyl (C=O) groups is 2. The molecular formula is C16H28ClN3O2. The van der Waals surface area contributed by atoms with Crippen LogP contribution in [0.3, 0.4) is 0 Å². The Balaban J connectivity index is 0.00000176. The van der Waals surface area contributed by atoms with E-state index in [4.69, 9.17) is 0 Å². The second-order valence-corrected chi connectivity index (χ2v) is 6.99. The van der Waals surface area contributed by atoms with E-state index in [9.17, 15) is 9.59 Å². The molecule has 0 aromatic carbocycles. The average Bonchev–Trinajstić information content (AvgIpc) is 3.20. The smallest absolute Gasteiger partial charge is 0.239 e. The lowest BCUT2D eigenvalue weighted by Gasteiger charge is -2.24. The van der Waals surface area contributed by atoms with Crippen molar-refractivity contribution in [2.24, 2.45) is 11.3 Å². The summed E-state index contributed by atoms with van der Waals surface area (Å²) in [5.41, 5.74) is 0.245. The van der Waals surface area contributed by atoms with Crippen LogP contribution in [0.25, 0.3) is 0 Å². The fourth-order valence-electron chi connectivity index (χ4n) is 4.01. The minimum atomic E-state index is -0.0322. The van der Waals surface area contributed by atoms with E-state index in [-0.39, 0.29) is 42.1 Å². The Morgan fingerprint density at radius 3 is 2.45 bits per heavy atom. The zero-order valence-corrected chi connectivity index (χ0v) is 14.0. The van der Waals surface area contributed by atoms with Gasteiger partial charge in [0, 0.05) is 12.0 Å². The molecule has 1 spiro atoms. The van der Waals surface area contributed by atoms with Crippen molar-refractivity contribution < 1.29 is 9.59 Å². The molecule has 1 heterocycles. The molecule has 126 valence electrons. The summed E-state index contributed by atoms with van der Waals surface area (Å²) in [6, 6.07) is 0.319. The van der Waals surface area contributed by atoms with E-state index in [0.29, 0.717) is 6.04 Å². The highest BCUT2D eigenvalue weighted by Crippen LogP contribution is 2.58. The first kappa shape index (κ1) is 17.5. The lowest BCUT2D eigenvalue weighted by molar-refractivity contribution is -0.127. The number of rotatable bonds is 4. The van der Waals surface area contributed by atoms with Gasteiger partial charge in [-0.05, 0) is 50.6 Å². The molecule has 0 bridgehead atoms. The number of amides is 2. The molecule has 1 saturated heterocycles. The molecule has 2 saturated carbocycles. The van der Waals surface area contributed by atoms with Gasteiger partial charge >= 0.3 is 0 Å². The molecule has 6 heteroatoms. The van der Waals surface area contributed by atoms with E-state index in [0.717, 1.165) is 45.2 Å². The summed E-state index contributed by atoms with van der Waals surface area (Å²) in [4.78, 5) is 24.1. The van der Waals surface area contributed by atoms with Gasteiger partial charge < -0.3 is 16.0 Å². The van der Waals surface area contributed by atoms with Gasteiger partial charge in [0.1, 0.15) is 0 Å². The maximum absolute atomic E-state index is 12.2. The Bertz CT molecular complexity index is 404. The predicted molar refractivity (Wildman–Crippen MR) is 87.9 cm³/mol. The molecule has 1 atom stereocenters. The van der Waals surface area contributed by atoms with Gasteiger partial charge in [0.2, 0.25) is 11.8 Å². The number of hydrogen-bond donors (Lipinski definition) is 3. The van der Waals surface area contributed by atoms with E-state index in [1.54, 1.807) is 0 Å². The maximum Gasteiger partial charge on any atom is 0.239 e. The first-order valence-corrected chi connectivity index (χ1v) is 8.47. The summed E-state index contributed by atoms with van der Waals surface area (Å²) >= 11 is 0. The van der Waals surface area contributed by atoms with Gasteiger partial charge in [-0.15, -0.1) is 12.4 Å². The molecule has 0 aromatic rings. The Hall–Kier alpha value is -0.810. The quantitative estimate of drug-likeness (QED) is 0.729. The molecule has 3 rings (SSSR count). The Labute approximate surface area is 138 Å². The third-order valence-corrected chi connectivity index (χ3v) is 5.50. The zero-order valence-electron chi connectivity index (χ0n) is 13.2. The van der Waals surface area contributed by atoms with E-state index in [1.165, 1.54) is 19.3 Å². The Morgan fingerprint density at radius 1 is 1.09 bits per heavy atom.